The molecule has 0 spiro atoms. The van der Waals surface area contributed by atoms with Gasteiger partial charge in [0, 0.05) is 119 Å². The molecule has 2 aliphatic rings. The van der Waals surface area contributed by atoms with E-state index in [1.807, 2.05) is 72.9 Å². The predicted molar refractivity (Wildman–Crippen MR) is 472 cm³/mol. The van der Waals surface area contributed by atoms with Crippen molar-refractivity contribution in [3.8, 4) is 45.0 Å². The molecule has 12 heterocycles. The van der Waals surface area contributed by atoms with Crippen LogP contribution in [0.3, 0.4) is 0 Å². The predicted octanol–water partition coefficient (Wildman–Crippen LogP) is 24.5. The third-order valence-electron chi connectivity index (χ3n) is 24.8. The highest BCUT2D eigenvalue weighted by atomic mass is 16.4. The van der Waals surface area contributed by atoms with Crippen LogP contribution in [0, 0.1) is 46.5 Å². The average Bonchev–Trinajstić information content (AvgIpc) is 1.59. The van der Waals surface area contributed by atoms with Crippen LogP contribution in [-0.2, 0) is 47.4 Å². The minimum absolute atomic E-state index is 0.621. The van der Waals surface area contributed by atoms with Gasteiger partial charge in [0.2, 0.25) is 45.6 Å². The maximum absolute atomic E-state index is 8.12. The van der Waals surface area contributed by atoms with Crippen LogP contribution in [0.25, 0.3) is 176 Å². The fourth-order valence-corrected chi connectivity index (χ4v) is 18.7. The summed E-state index contributed by atoms with van der Waals surface area (Å²) in [5.41, 5.74) is 24.7. The van der Waals surface area contributed by atoms with E-state index in [0.29, 0.717) is 28.4 Å². The summed E-state index contributed by atoms with van der Waals surface area (Å²) in [6.45, 7) is 12.2. The van der Waals surface area contributed by atoms with Gasteiger partial charge in [-0.1, -0.05) is 210 Å². The Kier molecular flexibility index (Phi) is 18.7. The molecule has 0 bridgehead atoms. The highest BCUT2D eigenvalue weighted by Gasteiger charge is 2.29. The van der Waals surface area contributed by atoms with Gasteiger partial charge < -0.3 is 17.7 Å². The van der Waals surface area contributed by atoms with Gasteiger partial charge in [0.15, 0.2) is 47.1 Å². The molecule has 12 heteroatoms. The van der Waals surface area contributed by atoms with Crippen molar-refractivity contribution >= 4 is 131 Å². The Morgan fingerprint density at radius 1 is 0.319 bits per heavy atom. The van der Waals surface area contributed by atoms with E-state index < -0.39 is 6.37 Å². The highest BCUT2D eigenvalue weighted by Crippen LogP contribution is 2.45. The first-order chi connectivity index (χ1) is 57.3. The van der Waals surface area contributed by atoms with Crippen LogP contribution < -0.4 is 18.3 Å². The maximum atomic E-state index is 8.12. The number of aryl methyl sites for hydroxylation is 10. The molecular weight excluding hydrogens is 1430 g/mol. The van der Waals surface area contributed by atoms with Crippen molar-refractivity contribution in [2.75, 3.05) is 0 Å². The van der Waals surface area contributed by atoms with E-state index in [2.05, 4.69) is 272 Å². The number of aromatic nitrogens is 8. The third kappa shape index (κ3) is 13.3. The second-order valence-corrected chi connectivity index (χ2v) is 32.5. The normalized spacial score (nSPS) is 13.9. The molecule has 0 N–H and O–H groups in total. The third-order valence-corrected chi connectivity index (χ3v) is 24.8. The van der Waals surface area contributed by atoms with Gasteiger partial charge in [-0.2, -0.15) is 0 Å². The van der Waals surface area contributed by atoms with Crippen molar-refractivity contribution in [3.63, 3.8) is 0 Å². The van der Waals surface area contributed by atoms with E-state index in [0.717, 1.165) is 132 Å². The lowest BCUT2D eigenvalue weighted by molar-refractivity contribution is -0.660. The van der Waals surface area contributed by atoms with E-state index >= 15 is 0 Å². The van der Waals surface area contributed by atoms with Crippen molar-refractivity contribution in [3.05, 3.63) is 288 Å². The molecule has 8 aromatic carbocycles. The van der Waals surface area contributed by atoms with Gasteiger partial charge in [-0.15, -0.1) is 0 Å². The Balaban J connectivity index is 0.000000105. The number of benzene rings is 8. The molecular formula is C104H96N8O4+4. The molecule has 0 atom stereocenters. The molecule has 12 nitrogen and oxygen atoms in total. The number of hydrogen-bond acceptors (Lipinski definition) is 8. The van der Waals surface area contributed by atoms with Crippen LogP contribution in [0.2, 0.25) is 0 Å². The molecule has 20 aromatic rings. The van der Waals surface area contributed by atoms with Crippen LogP contribution in [0.4, 0.5) is 0 Å². The largest absolute Gasteiger partial charge is 0.437 e. The van der Waals surface area contributed by atoms with Crippen LogP contribution in [0.1, 0.15) is 112 Å². The fourth-order valence-electron chi connectivity index (χ4n) is 18.7. The Hall–Kier alpha value is -12.8. The summed E-state index contributed by atoms with van der Waals surface area (Å²) in [6.07, 6.45) is 29.3. The van der Waals surface area contributed by atoms with Crippen LogP contribution in [0.5, 0.6) is 0 Å². The van der Waals surface area contributed by atoms with E-state index in [1.54, 1.807) is 6.92 Å². The van der Waals surface area contributed by atoms with Gasteiger partial charge in [0.1, 0.15) is 28.2 Å². The lowest BCUT2D eigenvalue weighted by Crippen LogP contribution is -2.31. The molecule has 2 aliphatic carbocycles. The van der Waals surface area contributed by atoms with Crippen molar-refractivity contribution in [1.29, 1.82) is 0 Å². The second kappa shape index (κ2) is 30.5. The van der Waals surface area contributed by atoms with Gasteiger partial charge >= 0.3 is 0 Å². The van der Waals surface area contributed by atoms with Crippen molar-refractivity contribution in [1.82, 2.24) is 19.9 Å². The number of fused-ring (bicyclic) bond motifs is 20. The molecule has 0 amide bonds. The monoisotopic (exact) mass is 1520 g/mol. The zero-order valence-corrected chi connectivity index (χ0v) is 67.7. The Labute approximate surface area is 677 Å². The summed E-state index contributed by atoms with van der Waals surface area (Å²) in [5.74, 6) is 1.65. The van der Waals surface area contributed by atoms with E-state index in [4.69, 9.17) is 20.4 Å². The molecule has 0 radical (unpaired) electrons. The van der Waals surface area contributed by atoms with Crippen LogP contribution >= 0.6 is 0 Å². The van der Waals surface area contributed by atoms with Gasteiger partial charge in [0.05, 0.1) is 43.8 Å². The number of nitrogens with zero attached hydrogens (tertiary/aromatic N) is 8. The molecule has 2 saturated carbocycles. The van der Waals surface area contributed by atoms with Gasteiger partial charge in [-0.3, -0.25) is 0 Å². The minimum Gasteiger partial charge on any atom is -0.437 e. The first-order valence-corrected chi connectivity index (χ1v) is 41.1. The number of rotatable bonds is 9. The standard InChI is InChI=1S/C29H29N2O.C28H27N2O.C24H21N2O.C23H19N2O/c1-19-12-13-24-27-23-11-7-6-10-22(23)18-30-29(27)32-28(24)26(19)25-17-21(14-15-31(25)2)16-20-8-4-3-5-9-20;1-18-11-12-23-26-22-10-6-5-9-21(22)17-29-28(26)31-27(23)25(18)24-16-20(13-14-30(24)2)15-19-7-3-4-8-19;1-4-16-11-12-26(3)20(13-16)21-15(2)9-10-19-22-18-8-6-5-7-17(18)14-25-24(22)27-23(19)21;1-14-10-11-25(3)19(12-14)20-15(2)8-9-18-21-17-7-5-4-6-16(17)13-24-23(21)26-22(18)20/h6-7,10-15,17-18,20H,3-5,8-9,16H2,1-2H3;5-6,9-14,16-17,19H,3-4,7-8,15H2,1-2H3;5-14H,4H2,1-3H3;4-13H,1-3H3/q4*+1/i;;4D2;. The first kappa shape index (κ1) is 71.0. The van der Waals surface area contributed by atoms with Crippen molar-refractivity contribution < 1.29 is 38.7 Å². The first-order valence-electron chi connectivity index (χ1n) is 42.1. The van der Waals surface area contributed by atoms with E-state index in [1.165, 1.54) is 143 Å². The smallest absolute Gasteiger partial charge is 0.227 e. The lowest BCUT2D eigenvalue weighted by atomic mass is 9.85. The molecule has 0 saturated heterocycles. The quantitative estimate of drug-likeness (QED) is 0.131. The molecule has 22 rings (SSSR count). The summed E-state index contributed by atoms with van der Waals surface area (Å²) in [5, 5.41) is 17.9. The summed E-state index contributed by atoms with van der Waals surface area (Å²) in [7, 11) is 8.31. The average molecular weight is 1520 g/mol. The molecule has 0 unspecified atom stereocenters. The maximum Gasteiger partial charge on any atom is 0.227 e. The van der Waals surface area contributed by atoms with Gasteiger partial charge in [-0.05, 0) is 132 Å². The zero-order valence-electron chi connectivity index (χ0n) is 69.7. The minimum atomic E-state index is -1.42. The SMILES string of the molecule is Cc1cc[n+](C)c(-c2c(C)ccc3c2oc2ncc4ccccc4c23)c1.Cc1ccc2c(oc3ncc4ccccc4c32)c1-c1cc(CC2CCCC2)cc[n+]1C.Cc1ccc2c(oc3ncc4ccccc4c32)c1-c1cc(CC2CCCCC2)cc[n+]1C.[2H]C([2H])(C)c1cc[n+](C)c(-c2c(C)ccc3c2oc2ncc4ccccc4c23)c1. The molecule has 12 aromatic heterocycles. The zero-order chi connectivity index (χ0) is 80.8. The lowest BCUT2D eigenvalue weighted by Gasteiger charge is -2.21. The molecule has 2 fully saturated rings. The van der Waals surface area contributed by atoms with Gasteiger partial charge in [0.25, 0.3) is 0 Å². The van der Waals surface area contributed by atoms with Gasteiger partial charge in [-0.25, -0.2) is 38.2 Å². The number of hydrogen-bond donors (Lipinski definition) is 0. The van der Waals surface area contributed by atoms with Crippen molar-refractivity contribution in [2.45, 2.75) is 119 Å². The fraction of sp³-hybridized carbons (Fsp3) is 0.231. The summed E-state index contributed by atoms with van der Waals surface area (Å²) >= 11 is 0. The van der Waals surface area contributed by atoms with Crippen LogP contribution in [-0.4, -0.2) is 19.9 Å². The number of pyridine rings is 8. The summed E-state index contributed by atoms with van der Waals surface area (Å²) in [4.78, 5) is 18.4. The molecule has 572 valence electrons. The van der Waals surface area contributed by atoms with E-state index in [-0.39, 0.29) is 0 Å². The number of furan rings is 4. The Bertz CT molecular complexity index is 7380. The summed E-state index contributed by atoms with van der Waals surface area (Å²) in [6, 6.07) is 68.1. The van der Waals surface area contributed by atoms with Crippen LogP contribution in [0.15, 0.2) is 261 Å². The summed E-state index contributed by atoms with van der Waals surface area (Å²) < 4.78 is 50.3. The topological polar surface area (TPSA) is 120 Å². The highest BCUT2D eigenvalue weighted by molar-refractivity contribution is 6.23. The van der Waals surface area contributed by atoms with Crippen molar-refractivity contribution in [2.24, 2.45) is 40.0 Å². The van der Waals surface area contributed by atoms with E-state index in [9.17, 15) is 0 Å². The second-order valence-electron chi connectivity index (χ2n) is 32.5. The molecule has 0 aliphatic heterocycles. The Morgan fingerprint density at radius 3 is 0.914 bits per heavy atom. The molecule has 116 heavy (non-hydrogen) atoms. The Morgan fingerprint density at radius 2 is 0.595 bits per heavy atom.